The largest absolute Gasteiger partial charge is 0.494 e. The lowest BCUT2D eigenvalue weighted by atomic mass is 10.1. The standard InChI is InChI=1S/C17H15N3O3/c1-22-17-9-14-13(8-15(17)20-10-21)16(6-7-19-14)23-12-4-2-11(18)3-5-12/h2-10H,18H2,1H3,(H,20,21). The number of nitrogen functional groups attached to an aromatic ring is 1. The lowest BCUT2D eigenvalue weighted by Gasteiger charge is -2.12. The minimum Gasteiger partial charge on any atom is -0.494 e. The maximum absolute atomic E-state index is 10.8. The lowest BCUT2D eigenvalue weighted by molar-refractivity contribution is -0.105. The van der Waals surface area contributed by atoms with Crippen LogP contribution in [0.3, 0.4) is 0 Å². The van der Waals surface area contributed by atoms with Crippen LogP contribution in [0.2, 0.25) is 0 Å². The third-order valence-electron chi connectivity index (χ3n) is 3.35. The van der Waals surface area contributed by atoms with Crippen molar-refractivity contribution in [2.75, 3.05) is 18.2 Å². The molecule has 1 heterocycles. The SMILES string of the molecule is COc1cc2nccc(Oc3ccc(N)cc3)c2cc1NC=O. The van der Waals surface area contributed by atoms with E-state index in [4.69, 9.17) is 15.2 Å². The highest BCUT2D eigenvalue weighted by molar-refractivity contribution is 5.92. The number of methoxy groups -OCH3 is 1. The number of pyridine rings is 1. The van der Waals surface area contributed by atoms with Gasteiger partial charge in [0.15, 0.2) is 0 Å². The molecule has 6 nitrogen and oxygen atoms in total. The van der Waals surface area contributed by atoms with Crippen molar-refractivity contribution in [2.24, 2.45) is 0 Å². The van der Waals surface area contributed by atoms with Gasteiger partial charge in [0.25, 0.3) is 0 Å². The Morgan fingerprint density at radius 2 is 1.91 bits per heavy atom. The number of amides is 1. The van der Waals surface area contributed by atoms with Crippen molar-refractivity contribution >= 4 is 28.7 Å². The summed E-state index contributed by atoms with van der Waals surface area (Å²) in [4.78, 5) is 15.1. The molecule has 1 amide bonds. The van der Waals surface area contributed by atoms with Gasteiger partial charge in [0.05, 0.1) is 18.3 Å². The summed E-state index contributed by atoms with van der Waals surface area (Å²) in [5, 5.41) is 3.37. The average molecular weight is 309 g/mol. The van der Waals surface area contributed by atoms with Crippen molar-refractivity contribution in [3.8, 4) is 17.2 Å². The normalized spacial score (nSPS) is 10.3. The molecule has 0 radical (unpaired) electrons. The van der Waals surface area contributed by atoms with Crippen LogP contribution in [0.15, 0.2) is 48.7 Å². The van der Waals surface area contributed by atoms with Crippen LogP contribution in [0.1, 0.15) is 0 Å². The molecule has 3 rings (SSSR count). The highest BCUT2D eigenvalue weighted by Gasteiger charge is 2.10. The summed E-state index contributed by atoms with van der Waals surface area (Å²) in [6, 6.07) is 12.4. The first-order valence-corrected chi connectivity index (χ1v) is 6.91. The van der Waals surface area contributed by atoms with E-state index in [1.54, 1.807) is 48.7 Å². The third-order valence-corrected chi connectivity index (χ3v) is 3.35. The van der Waals surface area contributed by atoms with E-state index < -0.39 is 0 Å². The van der Waals surface area contributed by atoms with Crippen LogP contribution in [0, 0.1) is 0 Å². The summed E-state index contributed by atoms with van der Waals surface area (Å²) in [5.41, 5.74) is 7.59. The van der Waals surface area contributed by atoms with Crippen molar-refractivity contribution in [1.29, 1.82) is 0 Å². The van der Waals surface area contributed by atoms with E-state index in [2.05, 4.69) is 10.3 Å². The molecule has 0 bridgehead atoms. The molecule has 0 saturated carbocycles. The molecular formula is C17H15N3O3. The van der Waals surface area contributed by atoms with Gasteiger partial charge in [-0.25, -0.2) is 0 Å². The Bertz CT molecular complexity index is 848. The molecule has 1 aromatic heterocycles. The van der Waals surface area contributed by atoms with Crippen LogP contribution >= 0.6 is 0 Å². The first-order chi connectivity index (χ1) is 11.2. The number of hydrogen-bond donors (Lipinski definition) is 2. The molecule has 0 unspecified atom stereocenters. The van der Waals surface area contributed by atoms with Gasteiger partial charge in [-0.2, -0.15) is 0 Å². The topological polar surface area (TPSA) is 86.5 Å². The van der Waals surface area contributed by atoms with Gasteiger partial charge in [-0.1, -0.05) is 0 Å². The van der Waals surface area contributed by atoms with Crippen LogP contribution in [0.25, 0.3) is 10.9 Å². The second-order valence-electron chi connectivity index (χ2n) is 4.81. The number of nitrogens with zero attached hydrogens (tertiary/aromatic N) is 1. The van der Waals surface area contributed by atoms with E-state index in [9.17, 15) is 4.79 Å². The maximum atomic E-state index is 10.8. The van der Waals surface area contributed by atoms with Gasteiger partial charge in [0.2, 0.25) is 6.41 Å². The Hall–Kier alpha value is -3.28. The first-order valence-electron chi connectivity index (χ1n) is 6.91. The fourth-order valence-corrected chi connectivity index (χ4v) is 2.25. The molecular weight excluding hydrogens is 294 g/mol. The number of ether oxygens (including phenoxy) is 2. The second kappa shape index (κ2) is 6.23. The van der Waals surface area contributed by atoms with Crippen molar-refractivity contribution in [3.63, 3.8) is 0 Å². The molecule has 6 heteroatoms. The Kier molecular flexibility index (Phi) is 3.97. The van der Waals surface area contributed by atoms with E-state index >= 15 is 0 Å². The van der Waals surface area contributed by atoms with Gasteiger partial charge in [0.1, 0.15) is 17.2 Å². The first kappa shape index (κ1) is 14.6. The minimum absolute atomic E-state index is 0.529. The fraction of sp³-hybridized carbons (Fsp3) is 0.0588. The molecule has 3 aromatic rings. The Labute approximate surface area is 132 Å². The Morgan fingerprint density at radius 1 is 1.13 bits per heavy atom. The van der Waals surface area contributed by atoms with Gasteiger partial charge in [0, 0.05) is 23.3 Å². The van der Waals surface area contributed by atoms with Crippen molar-refractivity contribution < 1.29 is 14.3 Å². The van der Waals surface area contributed by atoms with Gasteiger partial charge < -0.3 is 20.5 Å². The summed E-state index contributed by atoms with van der Waals surface area (Å²) in [5.74, 6) is 1.81. The molecule has 0 fully saturated rings. The summed E-state index contributed by atoms with van der Waals surface area (Å²) < 4.78 is 11.2. The molecule has 0 spiro atoms. The van der Waals surface area contributed by atoms with Gasteiger partial charge in [-0.15, -0.1) is 0 Å². The van der Waals surface area contributed by atoms with Gasteiger partial charge >= 0.3 is 0 Å². The monoisotopic (exact) mass is 309 g/mol. The molecule has 3 N–H and O–H groups in total. The molecule has 0 aliphatic rings. The molecule has 2 aromatic carbocycles. The van der Waals surface area contributed by atoms with Crippen LogP contribution in [0.5, 0.6) is 17.2 Å². The van der Waals surface area contributed by atoms with Crippen molar-refractivity contribution in [2.45, 2.75) is 0 Å². The summed E-state index contributed by atoms with van der Waals surface area (Å²) >= 11 is 0. The number of nitrogens with one attached hydrogen (secondary N) is 1. The zero-order valence-corrected chi connectivity index (χ0v) is 12.4. The molecule has 0 aliphatic heterocycles. The predicted molar refractivity (Wildman–Crippen MR) is 88.9 cm³/mol. The predicted octanol–water partition coefficient (Wildman–Crippen LogP) is 3.19. The van der Waals surface area contributed by atoms with E-state index in [1.165, 1.54) is 7.11 Å². The van der Waals surface area contributed by atoms with Crippen molar-refractivity contribution in [3.05, 3.63) is 48.7 Å². The molecule has 0 aliphatic carbocycles. The number of carbonyl (C=O) groups excluding carboxylic acids is 1. The molecule has 23 heavy (non-hydrogen) atoms. The molecule has 116 valence electrons. The summed E-state index contributed by atoms with van der Waals surface area (Å²) in [6.07, 6.45) is 2.25. The summed E-state index contributed by atoms with van der Waals surface area (Å²) in [6.45, 7) is 0. The number of aromatic nitrogens is 1. The van der Waals surface area contributed by atoms with E-state index in [0.29, 0.717) is 40.6 Å². The number of carbonyl (C=O) groups is 1. The van der Waals surface area contributed by atoms with Crippen LogP contribution in [-0.4, -0.2) is 18.5 Å². The highest BCUT2D eigenvalue weighted by atomic mass is 16.5. The second-order valence-corrected chi connectivity index (χ2v) is 4.81. The number of anilines is 2. The number of fused-ring (bicyclic) bond motifs is 1. The smallest absolute Gasteiger partial charge is 0.211 e. The molecule has 0 saturated heterocycles. The number of benzene rings is 2. The maximum Gasteiger partial charge on any atom is 0.211 e. The van der Waals surface area contributed by atoms with E-state index in [-0.39, 0.29) is 0 Å². The fourth-order valence-electron chi connectivity index (χ4n) is 2.25. The third kappa shape index (κ3) is 3.01. The zero-order valence-electron chi connectivity index (χ0n) is 12.4. The summed E-state index contributed by atoms with van der Waals surface area (Å²) in [7, 11) is 1.53. The van der Waals surface area contributed by atoms with E-state index in [0.717, 1.165) is 5.39 Å². The van der Waals surface area contributed by atoms with Crippen LogP contribution in [-0.2, 0) is 4.79 Å². The number of nitrogens with two attached hydrogens (primary N) is 1. The van der Waals surface area contributed by atoms with Gasteiger partial charge in [-0.05, 0) is 36.4 Å². The Morgan fingerprint density at radius 3 is 2.61 bits per heavy atom. The van der Waals surface area contributed by atoms with E-state index in [1.807, 2.05) is 0 Å². The minimum atomic E-state index is 0.529. The molecule has 0 atom stereocenters. The zero-order chi connectivity index (χ0) is 16.2. The number of hydrogen-bond acceptors (Lipinski definition) is 5. The van der Waals surface area contributed by atoms with Crippen LogP contribution in [0.4, 0.5) is 11.4 Å². The lowest BCUT2D eigenvalue weighted by Crippen LogP contribution is -1.98. The van der Waals surface area contributed by atoms with Crippen molar-refractivity contribution in [1.82, 2.24) is 4.98 Å². The average Bonchev–Trinajstić information content (AvgIpc) is 2.57. The highest BCUT2D eigenvalue weighted by Crippen LogP contribution is 2.35. The quantitative estimate of drug-likeness (QED) is 0.558. The van der Waals surface area contributed by atoms with Crippen LogP contribution < -0.4 is 20.5 Å². The Balaban J connectivity index is 2.07. The van der Waals surface area contributed by atoms with Gasteiger partial charge in [-0.3, -0.25) is 9.78 Å². The number of rotatable bonds is 5.